The fourth-order valence-corrected chi connectivity index (χ4v) is 3.65. The summed E-state index contributed by atoms with van der Waals surface area (Å²) in [6, 6.07) is 2.00. The summed E-state index contributed by atoms with van der Waals surface area (Å²) in [5, 5.41) is 3.38. The van der Waals surface area contributed by atoms with E-state index < -0.39 is 0 Å². The Morgan fingerprint density at radius 3 is 3.05 bits per heavy atom. The Kier molecular flexibility index (Phi) is 3.15. The topological polar surface area (TPSA) is 55.2 Å². The lowest BCUT2D eigenvalue weighted by atomic mass is 10.0. The molecular formula is C16H15N3OS. The van der Waals surface area contributed by atoms with E-state index in [9.17, 15) is 4.79 Å². The second kappa shape index (κ2) is 5.15. The summed E-state index contributed by atoms with van der Waals surface area (Å²) >= 11 is 1.75. The second-order valence-electron chi connectivity index (χ2n) is 5.55. The van der Waals surface area contributed by atoms with E-state index in [0.717, 1.165) is 35.9 Å². The maximum atomic E-state index is 11.1. The molecule has 4 nitrogen and oxygen atoms in total. The first-order valence-corrected chi connectivity index (χ1v) is 8.14. The Morgan fingerprint density at radius 1 is 1.33 bits per heavy atom. The van der Waals surface area contributed by atoms with E-state index in [2.05, 4.69) is 15.4 Å². The molecule has 1 fully saturated rings. The van der Waals surface area contributed by atoms with Gasteiger partial charge in [0.25, 0.3) is 0 Å². The highest BCUT2D eigenvalue weighted by molar-refractivity contribution is 7.09. The van der Waals surface area contributed by atoms with Crippen LogP contribution in [0.15, 0.2) is 22.6 Å². The molecule has 1 aliphatic carbocycles. The van der Waals surface area contributed by atoms with Crippen LogP contribution < -0.4 is 0 Å². The first-order chi connectivity index (χ1) is 10.3. The van der Waals surface area contributed by atoms with Gasteiger partial charge in [-0.3, -0.25) is 14.8 Å². The van der Waals surface area contributed by atoms with Crippen LogP contribution in [0.25, 0.3) is 0 Å². The summed E-state index contributed by atoms with van der Waals surface area (Å²) in [6.45, 7) is 0.528. The fraction of sp³-hybridized carbons (Fsp3) is 0.375. The molecule has 2 aromatic rings. The van der Waals surface area contributed by atoms with Crippen LogP contribution in [0.5, 0.6) is 0 Å². The highest BCUT2D eigenvalue weighted by Crippen LogP contribution is 2.40. The predicted molar refractivity (Wildman–Crippen MR) is 82.0 cm³/mol. The molecule has 1 aliphatic heterocycles. The van der Waals surface area contributed by atoms with Gasteiger partial charge in [-0.15, -0.1) is 11.3 Å². The van der Waals surface area contributed by atoms with Crippen LogP contribution >= 0.6 is 11.3 Å². The Labute approximate surface area is 127 Å². The van der Waals surface area contributed by atoms with Crippen molar-refractivity contribution in [1.29, 1.82) is 0 Å². The Morgan fingerprint density at radius 2 is 2.24 bits per heavy atom. The van der Waals surface area contributed by atoms with Crippen LogP contribution in [0.3, 0.4) is 0 Å². The van der Waals surface area contributed by atoms with Gasteiger partial charge >= 0.3 is 0 Å². The van der Waals surface area contributed by atoms with Crippen LogP contribution in [0.1, 0.15) is 46.3 Å². The van der Waals surface area contributed by atoms with E-state index in [1.807, 2.05) is 12.3 Å². The first-order valence-electron chi connectivity index (χ1n) is 7.26. The van der Waals surface area contributed by atoms with Gasteiger partial charge in [0.05, 0.1) is 22.9 Å². The Hall–Kier alpha value is -1.88. The van der Waals surface area contributed by atoms with Crippen LogP contribution in [0, 0.1) is 0 Å². The number of carbonyl (C=O) groups excluding carboxylic acids is 1. The molecular weight excluding hydrogens is 282 g/mol. The number of carbonyl (C=O) groups is 1. The number of aryl methyl sites for hydroxylation is 2. The van der Waals surface area contributed by atoms with Crippen LogP contribution in [-0.4, -0.2) is 22.0 Å². The summed E-state index contributed by atoms with van der Waals surface area (Å²) in [4.78, 5) is 24.4. The maximum absolute atomic E-state index is 11.1. The minimum atomic E-state index is 0.528. The molecule has 0 radical (unpaired) electrons. The normalized spacial score (nSPS) is 16.7. The molecule has 0 atom stereocenters. The van der Waals surface area contributed by atoms with Gasteiger partial charge in [0, 0.05) is 29.5 Å². The average molecular weight is 297 g/mol. The third-order valence-electron chi connectivity index (χ3n) is 4.06. The summed E-state index contributed by atoms with van der Waals surface area (Å²) in [6.07, 6.45) is 7.04. The Balaban J connectivity index is 1.53. The molecule has 0 saturated heterocycles. The number of hydrogen-bond acceptors (Lipinski definition) is 5. The van der Waals surface area contributed by atoms with Crippen LogP contribution in [-0.2, 0) is 24.2 Å². The van der Waals surface area contributed by atoms with Crippen LogP contribution in [0.2, 0.25) is 0 Å². The molecule has 21 heavy (non-hydrogen) atoms. The smallest absolute Gasteiger partial charge is 0.168 e. The molecule has 0 spiro atoms. The number of aromatic nitrogens is 2. The van der Waals surface area contributed by atoms with Crippen molar-refractivity contribution in [3.05, 3.63) is 45.2 Å². The molecule has 0 aromatic carbocycles. The Bertz CT molecular complexity index is 731. The second-order valence-corrected chi connectivity index (χ2v) is 6.49. The summed E-state index contributed by atoms with van der Waals surface area (Å²) < 4.78 is 0. The number of rotatable bonds is 5. The zero-order valence-electron chi connectivity index (χ0n) is 11.6. The molecule has 1 saturated carbocycles. The van der Waals surface area contributed by atoms with E-state index in [4.69, 9.17) is 4.98 Å². The first kappa shape index (κ1) is 12.8. The van der Waals surface area contributed by atoms with Crippen molar-refractivity contribution in [3.8, 4) is 0 Å². The van der Waals surface area contributed by atoms with Crippen molar-refractivity contribution in [1.82, 2.24) is 9.97 Å². The van der Waals surface area contributed by atoms with Crippen molar-refractivity contribution in [2.45, 2.75) is 38.1 Å². The SMILES string of the molecule is O=CC1=NCc2nccc(CCc3nc(C4CC4)cs3)c21. The largest absolute Gasteiger partial charge is 0.296 e. The van der Waals surface area contributed by atoms with E-state index in [-0.39, 0.29) is 0 Å². The number of aldehydes is 1. The van der Waals surface area contributed by atoms with Gasteiger partial charge in [0.1, 0.15) is 5.71 Å². The molecule has 106 valence electrons. The highest BCUT2D eigenvalue weighted by Gasteiger charge is 2.26. The summed E-state index contributed by atoms with van der Waals surface area (Å²) in [5.74, 6) is 0.717. The molecule has 0 bridgehead atoms. The lowest BCUT2D eigenvalue weighted by Gasteiger charge is -2.06. The molecule has 3 heterocycles. The predicted octanol–water partition coefficient (Wildman–Crippen LogP) is 2.70. The quantitative estimate of drug-likeness (QED) is 0.797. The number of thiazole rings is 1. The molecule has 2 aromatic heterocycles. The highest BCUT2D eigenvalue weighted by atomic mass is 32.1. The van der Waals surface area contributed by atoms with Gasteiger partial charge in [0.2, 0.25) is 0 Å². The molecule has 0 amide bonds. The molecule has 0 unspecified atom stereocenters. The molecule has 0 N–H and O–H groups in total. The summed E-state index contributed by atoms with van der Waals surface area (Å²) in [7, 11) is 0. The third kappa shape index (κ3) is 2.42. The molecule has 4 rings (SSSR count). The number of aliphatic imine (C=N–C) groups is 1. The van der Waals surface area contributed by atoms with E-state index in [0.29, 0.717) is 18.2 Å². The van der Waals surface area contributed by atoms with Crippen molar-refractivity contribution in [2.75, 3.05) is 0 Å². The lowest BCUT2D eigenvalue weighted by Crippen LogP contribution is -2.07. The number of fused-ring (bicyclic) bond motifs is 1. The standard InChI is InChI=1S/C16H15N3OS/c20-8-13-16-11(5-6-17-12(16)7-18-13)3-4-15-19-14(9-21-15)10-1-2-10/h5-6,8-10H,1-4,7H2. The van der Waals surface area contributed by atoms with Crippen LogP contribution in [0.4, 0.5) is 0 Å². The average Bonchev–Trinajstić information content (AvgIpc) is 3.11. The third-order valence-corrected chi connectivity index (χ3v) is 4.98. The van der Waals surface area contributed by atoms with Crippen molar-refractivity contribution >= 4 is 23.3 Å². The molecule has 2 aliphatic rings. The van der Waals surface area contributed by atoms with Gasteiger partial charge in [-0.05, 0) is 30.9 Å². The van der Waals surface area contributed by atoms with Crippen molar-refractivity contribution in [3.63, 3.8) is 0 Å². The number of hydrogen-bond donors (Lipinski definition) is 0. The van der Waals surface area contributed by atoms with Gasteiger partial charge in [-0.1, -0.05) is 0 Å². The maximum Gasteiger partial charge on any atom is 0.168 e. The molecule has 5 heteroatoms. The van der Waals surface area contributed by atoms with Gasteiger partial charge in [0.15, 0.2) is 6.29 Å². The van der Waals surface area contributed by atoms with Crippen molar-refractivity contribution in [2.24, 2.45) is 4.99 Å². The van der Waals surface area contributed by atoms with Crippen molar-refractivity contribution < 1.29 is 4.79 Å². The lowest BCUT2D eigenvalue weighted by molar-refractivity contribution is -0.102. The number of pyridine rings is 1. The zero-order chi connectivity index (χ0) is 14.2. The minimum Gasteiger partial charge on any atom is -0.296 e. The fourth-order valence-electron chi connectivity index (χ4n) is 2.77. The number of nitrogens with zero attached hydrogens (tertiary/aromatic N) is 3. The van der Waals surface area contributed by atoms with E-state index in [1.54, 1.807) is 11.3 Å². The minimum absolute atomic E-state index is 0.528. The van der Waals surface area contributed by atoms with Gasteiger partial charge in [-0.2, -0.15) is 0 Å². The summed E-state index contributed by atoms with van der Waals surface area (Å²) in [5.41, 5.74) is 4.85. The monoisotopic (exact) mass is 297 g/mol. The van der Waals surface area contributed by atoms with Gasteiger partial charge in [-0.25, -0.2) is 4.98 Å². The van der Waals surface area contributed by atoms with Gasteiger partial charge < -0.3 is 0 Å². The van der Waals surface area contributed by atoms with E-state index >= 15 is 0 Å². The zero-order valence-corrected chi connectivity index (χ0v) is 12.4. The van der Waals surface area contributed by atoms with E-state index in [1.165, 1.54) is 23.5 Å².